The number of aromatic nitrogens is 2. The topological polar surface area (TPSA) is 91.4 Å². The van der Waals surface area contributed by atoms with Crippen molar-refractivity contribution >= 4 is 17.2 Å². The van der Waals surface area contributed by atoms with Crippen LogP contribution >= 0.6 is 0 Å². The van der Waals surface area contributed by atoms with Crippen molar-refractivity contribution in [3.05, 3.63) is 58.0 Å². The van der Waals surface area contributed by atoms with Crippen molar-refractivity contribution in [1.82, 2.24) is 9.55 Å². The van der Waals surface area contributed by atoms with E-state index in [-0.39, 0.29) is 5.69 Å². The molecule has 1 aliphatic rings. The van der Waals surface area contributed by atoms with Crippen LogP contribution in [0.15, 0.2) is 41.2 Å². The van der Waals surface area contributed by atoms with Crippen molar-refractivity contribution in [3.63, 3.8) is 0 Å². The van der Waals surface area contributed by atoms with Crippen LogP contribution in [0.5, 0.6) is 11.5 Å². The number of nitrogens with two attached hydrogens (primary N) is 1. The van der Waals surface area contributed by atoms with Gasteiger partial charge in [0.1, 0.15) is 5.82 Å². The van der Waals surface area contributed by atoms with Crippen LogP contribution in [-0.4, -0.2) is 23.8 Å². The number of nitrogens with zero attached hydrogens (tertiary/aromatic N) is 2. The zero-order valence-electron chi connectivity index (χ0n) is 16.1. The summed E-state index contributed by atoms with van der Waals surface area (Å²) in [7, 11) is 3.21. The molecule has 0 saturated heterocycles. The predicted molar refractivity (Wildman–Crippen MR) is 110 cm³/mol. The number of hydrogen-bond acceptors (Lipinski definition) is 6. The summed E-state index contributed by atoms with van der Waals surface area (Å²) in [6.45, 7) is 2.52. The number of nitrogens with one attached hydrogen (secondary N) is 1. The summed E-state index contributed by atoms with van der Waals surface area (Å²) in [6.07, 6.45) is 0.728. The van der Waals surface area contributed by atoms with E-state index in [1.54, 1.807) is 18.8 Å². The third kappa shape index (κ3) is 3.05. The van der Waals surface area contributed by atoms with E-state index in [0.29, 0.717) is 29.5 Å². The van der Waals surface area contributed by atoms with Gasteiger partial charge in [0, 0.05) is 29.5 Å². The zero-order valence-corrected chi connectivity index (χ0v) is 16.1. The number of ether oxygens (including phenoxy) is 2. The molecule has 0 amide bonds. The molecule has 4 rings (SSSR count). The van der Waals surface area contributed by atoms with Gasteiger partial charge in [-0.15, -0.1) is 0 Å². The van der Waals surface area contributed by atoms with Gasteiger partial charge in [0.25, 0.3) is 0 Å². The average molecular weight is 378 g/mol. The second kappa shape index (κ2) is 6.92. The van der Waals surface area contributed by atoms with Crippen molar-refractivity contribution in [3.8, 4) is 22.8 Å². The Bertz CT molecular complexity index is 1120. The molecule has 0 aliphatic carbocycles. The normalized spacial score (nSPS) is 12.1. The van der Waals surface area contributed by atoms with Gasteiger partial charge in [-0.3, -0.25) is 4.57 Å². The summed E-state index contributed by atoms with van der Waals surface area (Å²) >= 11 is 0. The molecular formula is C21H22N4O3. The van der Waals surface area contributed by atoms with E-state index in [1.807, 2.05) is 43.3 Å². The minimum atomic E-state index is -0.291. The summed E-state index contributed by atoms with van der Waals surface area (Å²) < 4.78 is 12.5. The molecule has 0 bridgehead atoms. The highest BCUT2D eigenvalue weighted by Gasteiger charge is 2.21. The van der Waals surface area contributed by atoms with Crippen molar-refractivity contribution in [2.45, 2.75) is 19.9 Å². The Morgan fingerprint density at radius 3 is 2.57 bits per heavy atom. The van der Waals surface area contributed by atoms with Crippen LogP contribution in [0.1, 0.15) is 11.1 Å². The molecule has 2 aromatic carbocycles. The van der Waals surface area contributed by atoms with Crippen LogP contribution in [-0.2, 0) is 13.0 Å². The highest BCUT2D eigenvalue weighted by Crippen LogP contribution is 2.38. The van der Waals surface area contributed by atoms with Crippen LogP contribution in [0.4, 0.5) is 17.2 Å². The van der Waals surface area contributed by atoms with Crippen LogP contribution in [0.3, 0.4) is 0 Å². The maximum absolute atomic E-state index is 12.6. The van der Waals surface area contributed by atoms with E-state index in [2.05, 4.69) is 10.3 Å². The number of hydrogen-bond donors (Lipinski definition) is 2. The maximum Gasteiger partial charge on any atom is 0.350 e. The molecule has 144 valence electrons. The lowest BCUT2D eigenvalue weighted by molar-refractivity contribution is 0.354. The molecule has 0 atom stereocenters. The third-order valence-corrected chi connectivity index (χ3v) is 5.05. The third-order valence-electron chi connectivity index (χ3n) is 5.05. The van der Waals surface area contributed by atoms with E-state index < -0.39 is 0 Å². The lowest BCUT2D eigenvalue weighted by atomic mass is 9.97. The molecule has 3 aromatic rings. The number of nitrogen functional groups attached to an aromatic ring is 1. The van der Waals surface area contributed by atoms with Gasteiger partial charge in [-0.05, 0) is 48.7 Å². The first-order valence-corrected chi connectivity index (χ1v) is 9.00. The van der Waals surface area contributed by atoms with Crippen molar-refractivity contribution < 1.29 is 9.47 Å². The number of fused-ring (bicyclic) bond motifs is 3. The highest BCUT2D eigenvalue weighted by molar-refractivity contribution is 5.73. The summed E-state index contributed by atoms with van der Waals surface area (Å²) in [6, 6.07) is 11.4. The SMILES string of the molecule is COc1cc2c(cc1OC)-c1cc(Nc3ccc(C)c(N)c3)nc(=O)n1CC2. The lowest BCUT2D eigenvalue weighted by Crippen LogP contribution is -2.28. The smallest absolute Gasteiger partial charge is 0.350 e. The summed E-state index contributed by atoms with van der Waals surface area (Å²) in [5.74, 6) is 1.78. The largest absolute Gasteiger partial charge is 0.493 e. The Morgan fingerprint density at radius 1 is 1.11 bits per heavy atom. The number of benzene rings is 2. The fraction of sp³-hybridized carbons (Fsp3) is 0.238. The second-order valence-corrected chi connectivity index (χ2v) is 6.77. The second-order valence-electron chi connectivity index (χ2n) is 6.77. The molecular weight excluding hydrogens is 356 g/mol. The Kier molecular flexibility index (Phi) is 4.43. The molecule has 3 N–H and O–H groups in total. The number of anilines is 3. The fourth-order valence-corrected chi connectivity index (χ4v) is 3.47. The van der Waals surface area contributed by atoms with Gasteiger partial charge in [-0.25, -0.2) is 4.79 Å². The molecule has 0 unspecified atom stereocenters. The molecule has 1 aliphatic heterocycles. The first kappa shape index (κ1) is 17.9. The number of aryl methyl sites for hydroxylation is 2. The van der Waals surface area contributed by atoms with Crippen LogP contribution < -0.4 is 26.2 Å². The van der Waals surface area contributed by atoms with E-state index in [9.17, 15) is 4.79 Å². The number of rotatable bonds is 4. The fourth-order valence-electron chi connectivity index (χ4n) is 3.47. The van der Waals surface area contributed by atoms with E-state index in [1.165, 1.54) is 0 Å². The Balaban J connectivity index is 1.80. The van der Waals surface area contributed by atoms with Crippen LogP contribution in [0.25, 0.3) is 11.3 Å². The Morgan fingerprint density at radius 2 is 1.86 bits per heavy atom. The highest BCUT2D eigenvalue weighted by atomic mass is 16.5. The van der Waals surface area contributed by atoms with E-state index in [0.717, 1.165) is 34.5 Å². The average Bonchev–Trinajstić information content (AvgIpc) is 2.69. The molecule has 2 heterocycles. The molecule has 1 aromatic heterocycles. The van der Waals surface area contributed by atoms with Crippen molar-refractivity contribution in [2.75, 3.05) is 25.3 Å². The van der Waals surface area contributed by atoms with E-state index >= 15 is 0 Å². The molecule has 28 heavy (non-hydrogen) atoms. The molecule has 0 fully saturated rings. The van der Waals surface area contributed by atoms with Gasteiger partial charge in [0.05, 0.1) is 19.9 Å². The first-order chi connectivity index (χ1) is 13.5. The quantitative estimate of drug-likeness (QED) is 0.678. The summed E-state index contributed by atoms with van der Waals surface area (Å²) in [4.78, 5) is 16.8. The summed E-state index contributed by atoms with van der Waals surface area (Å²) in [5, 5.41) is 3.18. The van der Waals surface area contributed by atoms with Gasteiger partial charge in [0.15, 0.2) is 11.5 Å². The summed E-state index contributed by atoms with van der Waals surface area (Å²) in [5.41, 5.74) is 11.0. The van der Waals surface area contributed by atoms with Gasteiger partial charge >= 0.3 is 5.69 Å². The standard InChI is InChI=1S/C21H22N4O3/c1-12-4-5-14(9-16(12)22)23-20-11-17-15-10-19(28-3)18(27-2)8-13(15)6-7-25(17)21(26)24-20/h4-5,8-11H,6-7,22H2,1-3H3,(H,23,24,26). The Hall–Kier alpha value is -3.48. The molecule has 7 heteroatoms. The van der Waals surface area contributed by atoms with Crippen LogP contribution in [0.2, 0.25) is 0 Å². The van der Waals surface area contributed by atoms with Gasteiger partial charge in [0.2, 0.25) is 0 Å². The number of methoxy groups -OCH3 is 2. The lowest BCUT2D eigenvalue weighted by Gasteiger charge is -2.23. The van der Waals surface area contributed by atoms with E-state index in [4.69, 9.17) is 15.2 Å². The minimum absolute atomic E-state index is 0.291. The first-order valence-electron chi connectivity index (χ1n) is 9.00. The van der Waals surface area contributed by atoms with Gasteiger partial charge in [-0.2, -0.15) is 4.98 Å². The monoisotopic (exact) mass is 378 g/mol. The minimum Gasteiger partial charge on any atom is -0.493 e. The van der Waals surface area contributed by atoms with Gasteiger partial charge < -0.3 is 20.5 Å². The molecule has 0 radical (unpaired) electrons. The van der Waals surface area contributed by atoms with Gasteiger partial charge in [-0.1, -0.05) is 6.07 Å². The molecule has 7 nitrogen and oxygen atoms in total. The van der Waals surface area contributed by atoms with Crippen LogP contribution in [0, 0.1) is 6.92 Å². The molecule has 0 spiro atoms. The van der Waals surface area contributed by atoms with Crippen molar-refractivity contribution in [2.24, 2.45) is 0 Å². The predicted octanol–water partition coefficient (Wildman–Crippen LogP) is 3.12. The zero-order chi connectivity index (χ0) is 19.8. The maximum atomic E-state index is 12.6. The van der Waals surface area contributed by atoms with Crippen molar-refractivity contribution in [1.29, 1.82) is 0 Å². The Labute approximate surface area is 162 Å². The molecule has 0 saturated carbocycles.